The van der Waals surface area contributed by atoms with Gasteiger partial charge in [0.25, 0.3) is 11.5 Å². The van der Waals surface area contributed by atoms with E-state index in [1.54, 1.807) is 17.5 Å². The van der Waals surface area contributed by atoms with Gasteiger partial charge in [-0.25, -0.2) is 4.98 Å². The van der Waals surface area contributed by atoms with Crippen molar-refractivity contribution < 1.29 is 19.1 Å². The van der Waals surface area contributed by atoms with E-state index in [-0.39, 0.29) is 28.3 Å². The van der Waals surface area contributed by atoms with Crippen molar-refractivity contribution in [3.63, 3.8) is 0 Å². The van der Waals surface area contributed by atoms with Crippen LogP contribution in [0.5, 0.6) is 0 Å². The average Bonchev–Trinajstić information content (AvgIpc) is 3.17. The molecule has 2 heterocycles. The van der Waals surface area contributed by atoms with Crippen molar-refractivity contribution in [1.29, 1.82) is 0 Å². The van der Waals surface area contributed by atoms with Gasteiger partial charge in [-0.05, 0) is 11.4 Å². The van der Waals surface area contributed by atoms with Crippen LogP contribution in [0, 0.1) is 0 Å². The highest BCUT2D eigenvalue weighted by molar-refractivity contribution is 7.99. The Kier molecular flexibility index (Phi) is 8.17. The molecule has 2 aromatic rings. The molecule has 3 amide bonds. The summed E-state index contributed by atoms with van der Waals surface area (Å²) in [7, 11) is 1.53. The summed E-state index contributed by atoms with van der Waals surface area (Å²) in [5.74, 6) is -1.30. The first kappa shape index (κ1) is 21.6. The lowest BCUT2D eigenvalue weighted by molar-refractivity contribution is -0.118. The number of carbonyl (C=O) groups excluding carboxylic acids is 3. The van der Waals surface area contributed by atoms with Crippen LogP contribution >= 0.6 is 23.1 Å². The highest BCUT2D eigenvalue weighted by atomic mass is 32.2. The highest BCUT2D eigenvalue weighted by Crippen LogP contribution is 2.20. The molecule has 12 heteroatoms. The molecule has 0 unspecified atom stereocenters. The number of aromatic amines is 1. The van der Waals surface area contributed by atoms with Gasteiger partial charge in [0.2, 0.25) is 11.8 Å². The van der Waals surface area contributed by atoms with Crippen LogP contribution in [0.25, 0.3) is 0 Å². The summed E-state index contributed by atoms with van der Waals surface area (Å²) >= 11 is 2.19. The van der Waals surface area contributed by atoms with Crippen LogP contribution in [-0.4, -0.2) is 53.7 Å². The van der Waals surface area contributed by atoms with Gasteiger partial charge in [-0.15, -0.1) is 11.3 Å². The highest BCUT2D eigenvalue weighted by Gasteiger charge is 2.17. The Morgan fingerprint density at radius 2 is 2.11 bits per heavy atom. The van der Waals surface area contributed by atoms with Gasteiger partial charge in [0.15, 0.2) is 16.7 Å². The van der Waals surface area contributed by atoms with Crippen LogP contribution in [0.2, 0.25) is 0 Å². The quantitative estimate of drug-likeness (QED) is 0.266. The molecule has 150 valence electrons. The minimum absolute atomic E-state index is 0.00701. The van der Waals surface area contributed by atoms with Crippen molar-refractivity contribution in [2.75, 3.05) is 36.6 Å². The average molecular weight is 425 g/mol. The number of thiophene rings is 1. The maximum Gasteiger partial charge on any atom is 0.277 e. The summed E-state index contributed by atoms with van der Waals surface area (Å²) < 4.78 is 4.84. The number of aromatic nitrogens is 2. The number of carbonyl (C=O) groups is 3. The van der Waals surface area contributed by atoms with E-state index < -0.39 is 17.4 Å². The first-order valence-electron chi connectivity index (χ1n) is 8.06. The minimum Gasteiger partial charge on any atom is -0.383 e. The van der Waals surface area contributed by atoms with Gasteiger partial charge in [0.1, 0.15) is 0 Å². The number of ether oxygens (including phenoxy) is 1. The van der Waals surface area contributed by atoms with E-state index in [9.17, 15) is 19.2 Å². The van der Waals surface area contributed by atoms with E-state index >= 15 is 0 Å². The zero-order valence-corrected chi connectivity index (χ0v) is 16.8. The maximum absolute atomic E-state index is 12.4. The van der Waals surface area contributed by atoms with Gasteiger partial charge in [-0.3, -0.25) is 24.2 Å². The Hall–Kier alpha value is -2.70. The molecular formula is C16H19N5O5S2. The second-order valence-electron chi connectivity index (χ2n) is 5.34. The SMILES string of the molecule is COCCNC(=O)CSc1nc(NC(C)=O)c(NC(=O)c2cccs2)c(=O)[nH]1. The van der Waals surface area contributed by atoms with Crippen molar-refractivity contribution in [2.24, 2.45) is 0 Å². The molecule has 0 radical (unpaired) electrons. The van der Waals surface area contributed by atoms with Gasteiger partial charge in [0, 0.05) is 20.6 Å². The number of hydrogen-bond donors (Lipinski definition) is 4. The van der Waals surface area contributed by atoms with Crippen LogP contribution < -0.4 is 21.5 Å². The third-order valence-electron chi connectivity index (χ3n) is 3.14. The van der Waals surface area contributed by atoms with Crippen molar-refractivity contribution >= 4 is 52.3 Å². The second kappa shape index (κ2) is 10.6. The van der Waals surface area contributed by atoms with Crippen molar-refractivity contribution in [1.82, 2.24) is 15.3 Å². The molecule has 0 saturated carbocycles. The van der Waals surface area contributed by atoms with Gasteiger partial charge in [0.05, 0.1) is 17.2 Å². The molecule has 2 rings (SSSR count). The molecule has 0 atom stereocenters. The molecule has 0 saturated heterocycles. The molecule has 0 bridgehead atoms. The van der Waals surface area contributed by atoms with Gasteiger partial charge < -0.3 is 20.7 Å². The molecule has 0 fully saturated rings. The molecule has 2 aromatic heterocycles. The minimum atomic E-state index is -0.647. The van der Waals surface area contributed by atoms with E-state index in [1.807, 2.05) is 0 Å². The molecular weight excluding hydrogens is 406 g/mol. The van der Waals surface area contributed by atoms with Gasteiger partial charge in [-0.1, -0.05) is 17.8 Å². The van der Waals surface area contributed by atoms with Crippen LogP contribution in [0.3, 0.4) is 0 Å². The van der Waals surface area contributed by atoms with Gasteiger partial charge >= 0.3 is 0 Å². The topological polar surface area (TPSA) is 142 Å². The molecule has 0 aliphatic carbocycles. The van der Waals surface area contributed by atoms with Gasteiger partial charge in [-0.2, -0.15) is 0 Å². The Balaban J connectivity index is 2.15. The normalized spacial score (nSPS) is 10.4. The summed E-state index contributed by atoms with van der Waals surface area (Å²) in [6.45, 7) is 2.01. The lowest BCUT2D eigenvalue weighted by atomic mass is 10.4. The van der Waals surface area contributed by atoms with Crippen LogP contribution in [0.1, 0.15) is 16.6 Å². The molecule has 0 aromatic carbocycles. The number of methoxy groups -OCH3 is 1. The van der Waals surface area contributed by atoms with Crippen molar-refractivity contribution in [2.45, 2.75) is 12.1 Å². The Bertz CT molecular complexity index is 897. The first-order chi connectivity index (χ1) is 13.4. The largest absolute Gasteiger partial charge is 0.383 e. The number of nitrogens with zero attached hydrogens (tertiary/aromatic N) is 1. The first-order valence-corrected chi connectivity index (χ1v) is 9.92. The number of anilines is 2. The van der Waals surface area contributed by atoms with E-state index in [1.165, 1.54) is 25.4 Å². The maximum atomic E-state index is 12.4. The molecule has 0 spiro atoms. The number of H-pyrrole nitrogens is 1. The third kappa shape index (κ3) is 6.48. The lowest BCUT2D eigenvalue weighted by Crippen LogP contribution is -2.28. The van der Waals surface area contributed by atoms with E-state index in [0.29, 0.717) is 18.0 Å². The fourth-order valence-electron chi connectivity index (χ4n) is 1.95. The molecule has 0 aliphatic rings. The number of nitrogens with one attached hydrogen (secondary N) is 4. The lowest BCUT2D eigenvalue weighted by Gasteiger charge is -2.11. The molecule has 10 nitrogen and oxygen atoms in total. The fourth-order valence-corrected chi connectivity index (χ4v) is 3.26. The molecule has 28 heavy (non-hydrogen) atoms. The van der Waals surface area contributed by atoms with Crippen molar-refractivity contribution in [3.8, 4) is 0 Å². The van der Waals surface area contributed by atoms with E-state index in [2.05, 4.69) is 25.9 Å². The number of amides is 3. The van der Waals surface area contributed by atoms with Crippen LogP contribution in [0.4, 0.5) is 11.5 Å². The third-order valence-corrected chi connectivity index (χ3v) is 4.89. The zero-order valence-electron chi connectivity index (χ0n) is 15.2. The summed E-state index contributed by atoms with van der Waals surface area (Å²) in [4.78, 5) is 54.9. The number of hydrogen-bond acceptors (Lipinski definition) is 8. The Morgan fingerprint density at radius 1 is 1.32 bits per heavy atom. The van der Waals surface area contributed by atoms with E-state index in [4.69, 9.17) is 4.74 Å². The molecule has 4 N–H and O–H groups in total. The van der Waals surface area contributed by atoms with Crippen LogP contribution in [-0.2, 0) is 14.3 Å². The predicted octanol–water partition coefficient (Wildman–Crippen LogP) is 0.897. The summed E-state index contributed by atoms with van der Waals surface area (Å²) in [6, 6.07) is 3.31. The smallest absolute Gasteiger partial charge is 0.277 e. The summed E-state index contributed by atoms with van der Waals surface area (Å²) in [6.07, 6.45) is 0. The van der Waals surface area contributed by atoms with E-state index in [0.717, 1.165) is 11.8 Å². The van der Waals surface area contributed by atoms with Crippen LogP contribution in [0.15, 0.2) is 27.5 Å². The summed E-state index contributed by atoms with van der Waals surface area (Å²) in [5.41, 5.74) is -0.826. The van der Waals surface area contributed by atoms with Crippen molar-refractivity contribution in [3.05, 3.63) is 32.7 Å². The zero-order chi connectivity index (χ0) is 20.5. The number of thioether (sulfide) groups is 1. The monoisotopic (exact) mass is 425 g/mol. The standard InChI is InChI=1S/C16H19N5O5S2/c1-9(22)18-13-12(19-14(24)10-4-3-7-27-10)15(25)21-16(20-13)28-8-11(23)17-5-6-26-2/h3-4,7H,5-6,8H2,1-2H3,(H,17,23)(H,19,24)(H2,18,20,21,22,25). The number of rotatable bonds is 9. The molecule has 0 aliphatic heterocycles. The Morgan fingerprint density at radius 3 is 2.75 bits per heavy atom. The Labute approximate surface area is 168 Å². The fraction of sp³-hybridized carbons (Fsp3) is 0.312. The summed E-state index contributed by atoms with van der Waals surface area (Å²) in [5, 5.41) is 9.38. The predicted molar refractivity (Wildman–Crippen MR) is 107 cm³/mol. The second-order valence-corrected chi connectivity index (χ2v) is 7.25.